The summed E-state index contributed by atoms with van der Waals surface area (Å²) in [6.45, 7) is 4.09. The summed E-state index contributed by atoms with van der Waals surface area (Å²) in [5.74, 6) is 0.787. The predicted octanol–water partition coefficient (Wildman–Crippen LogP) is 4.17. The van der Waals surface area contributed by atoms with Gasteiger partial charge in [-0.2, -0.15) is 5.10 Å². The molecule has 2 aromatic carbocycles. The summed E-state index contributed by atoms with van der Waals surface area (Å²) < 4.78 is 11.8. The zero-order chi connectivity index (χ0) is 21.7. The zero-order valence-corrected chi connectivity index (χ0v) is 17.6. The normalized spacial score (nSPS) is 11.6. The van der Waals surface area contributed by atoms with E-state index >= 15 is 0 Å². The van der Waals surface area contributed by atoms with Crippen LogP contribution in [0.15, 0.2) is 59.4 Å². The van der Waals surface area contributed by atoms with Crippen LogP contribution in [0.2, 0.25) is 5.02 Å². The zero-order valence-electron chi connectivity index (χ0n) is 16.9. The van der Waals surface area contributed by atoms with E-state index in [1.165, 1.54) is 13.2 Å². The van der Waals surface area contributed by atoms with E-state index in [1.807, 2.05) is 31.2 Å². The van der Waals surface area contributed by atoms with Crippen molar-refractivity contribution in [2.45, 2.75) is 19.9 Å². The fourth-order valence-electron chi connectivity index (χ4n) is 2.87. The van der Waals surface area contributed by atoms with E-state index in [-0.39, 0.29) is 5.56 Å². The van der Waals surface area contributed by atoms with Gasteiger partial charge in [-0.05, 0) is 62.4 Å². The Kier molecular flexibility index (Phi) is 6.74. The molecule has 1 atom stereocenters. The SMILES string of the molecule is CCOc1ccc(-c2ccc(=O)n(C(C)C(=O)Nc3cc(Cl)ccc3OC)n2)cc1. The second-order valence-corrected chi connectivity index (χ2v) is 6.91. The molecule has 0 aliphatic rings. The van der Waals surface area contributed by atoms with Crippen LogP contribution in [0, 0.1) is 0 Å². The standard InChI is InChI=1S/C22H22ClN3O4/c1-4-30-17-8-5-15(6-9-17)18-10-12-21(27)26(25-18)14(2)22(28)24-19-13-16(23)7-11-20(19)29-3/h5-14H,4H2,1-3H3,(H,24,28). The number of nitrogens with one attached hydrogen (secondary N) is 1. The number of hydrogen-bond donors (Lipinski definition) is 1. The lowest BCUT2D eigenvalue weighted by Gasteiger charge is -2.16. The quantitative estimate of drug-likeness (QED) is 0.611. The molecule has 156 valence electrons. The first-order valence-corrected chi connectivity index (χ1v) is 9.78. The number of aromatic nitrogens is 2. The lowest BCUT2D eigenvalue weighted by Crippen LogP contribution is -2.33. The third-order valence-electron chi connectivity index (χ3n) is 4.45. The van der Waals surface area contributed by atoms with Crippen LogP contribution in [0.4, 0.5) is 5.69 Å². The number of halogens is 1. The number of ether oxygens (including phenoxy) is 2. The van der Waals surface area contributed by atoms with E-state index in [0.717, 1.165) is 16.0 Å². The van der Waals surface area contributed by atoms with Crippen LogP contribution in [-0.2, 0) is 4.79 Å². The van der Waals surface area contributed by atoms with Gasteiger partial charge < -0.3 is 14.8 Å². The first-order chi connectivity index (χ1) is 14.4. The maximum atomic E-state index is 12.8. The minimum Gasteiger partial charge on any atom is -0.495 e. The van der Waals surface area contributed by atoms with Crippen molar-refractivity contribution in [1.82, 2.24) is 9.78 Å². The molecule has 1 aromatic heterocycles. The molecule has 1 N–H and O–H groups in total. The van der Waals surface area contributed by atoms with Crippen molar-refractivity contribution in [3.05, 3.63) is 70.0 Å². The van der Waals surface area contributed by atoms with Crippen LogP contribution in [0.25, 0.3) is 11.3 Å². The minimum atomic E-state index is -0.858. The Morgan fingerprint density at radius 3 is 2.57 bits per heavy atom. The van der Waals surface area contributed by atoms with Crippen LogP contribution in [0.1, 0.15) is 19.9 Å². The third kappa shape index (κ3) is 4.80. The van der Waals surface area contributed by atoms with Crippen molar-refractivity contribution < 1.29 is 14.3 Å². The van der Waals surface area contributed by atoms with Crippen molar-refractivity contribution in [2.75, 3.05) is 19.0 Å². The third-order valence-corrected chi connectivity index (χ3v) is 4.69. The predicted molar refractivity (Wildman–Crippen MR) is 116 cm³/mol. The van der Waals surface area contributed by atoms with Crippen molar-refractivity contribution in [2.24, 2.45) is 0 Å². The number of rotatable bonds is 7. The molecule has 0 aliphatic carbocycles. The molecular weight excluding hydrogens is 406 g/mol. The molecule has 1 heterocycles. The molecule has 8 heteroatoms. The largest absolute Gasteiger partial charge is 0.495 e. The monoisotopic (exact) mass is 427 g/mol. The van der Waals surface area contributed by atoms with Gasteiger partial charge in [0.15, 0.2) is 0 Å². The molecule has 0 radical (unpaired) electrons. The van der Waals surface area contributed by atoms with Crippen LogP contribution < -0.4 is 20.3 Å². The molecule has 0 saturated carbocycles. The molecule has 0 bridgehead atoms. The summed E-state index contributed by atoms with van der Waals surface area (Å²) >= 11 is 6.02. The average molecular weight is 428 g/mol. The van der Waals surface area contributed by atoms with E-state index in [9.17, 15) is 9.59 Å². The van der Waals surface area contributed by atoms with Gasteiger partial charge >= 0.3 is 0 Å². The van der Waals surface area contributed by atoms with Gasteiger partial charge in [0.2, 0.25) is 5.91 Å². The molecule has 1 unspecified atom stereocenters. The molecule has 30 heavy (non-hydrogen) atoms. The molecular formula is C22H22ClN3O4. The molecule has 3 rings (SSSR count). The molecule has 7 nitrogen and oxygen atoms in total. The molecule has 0 aliphatic heterocycles. The molecule has 0 fully saturated rings. The van der Waals surface area contributed by atoms with Crippen molar-refractivity contribution in [3.63, 3.8) is 0 Å². The highest BCUT2D eigenvalue weighted by Crippen LogP contribution is 2.28. The van der Waals surface area contributed by atoms with Gasteiger partial charge in [0.1, 0.15) is 17.5 Å². The van der Waals surface area contributed by atoms with E-state index in [0.29, 0.717) is 28.8 Å². The highest BCUT2D eigenvalue weighted by Gasteiger charge is 2.20. The van der Waals surface area contributed by atoms with Crippen LogP contribution >= 0.6 is 11.6 Å². The summed E-state index contributed by atoms with van der Waals surface area (Å²) in [4.78, 5) is 25.2. The number of methoxy groups -OCH3 is 1. The van der Waals surface area contributed by atoms with Crippen molar-refractivity contribution in [3.8, 4) is 22.8 Å². The second kappa shape index (κ2) is 9.45. The Morgan fingerprint density at radius 2 is 1.90 bits per heavy atom. The Balaban J connectivity index is 1.86. The fourth-order valence-corrected chi connectivity index (χ4v) is 3.04. The Morgan fingerprint density at radius 1 is 1.17 bits per heavy atom. The Hall–Kier alpha value is -3.32. The summed E-state index contributed by atoms with van der Waals surface area (Å²) in [6, 6.07) is 14.4. The average Bonchev–Trinajstić information content (AvgIpc) is 2.74. The number of amides is 1. The van der Waals surface area contributed by atoms with Gasteiger partial charge in [0.25, 0.3) is 5.56 Å². The van der Waals surface area contributed by atoms with E-state index in [1.54, 1.807) is 31.2 Å². The van der Waals surface area contributed by atoms with Gasteiger partial charge in [-0.15, -0.1) is 0 Å². The van der Waals surface area contributed by atoms with Crippen molar-refractivity contribution >= 4 is 23.2 Å². The fraction of sp³-hybridized carbons (Fsp3) is 0.227. The van der Waals surface area contributed by atoms with Gasteiger partial charge in [-0.25, -0.2) is 4.68 Å². The number of carbonyl (C=O) groups is 1. The Bertz CT molecular complexity index is 1100. The van der Waals surface area contributed by atoms with Crippen LogP contribution in [0.5, 0.6) is 11.5 Å². The highest BCUT2D eigenvalue weighted by molar-refractivity contribution is 6.31. The van der Waals surface area contributed by atoms with E-state index in [2.05, 4.69) is 10.4 Å². The van der Waals surface area contributed by atoms with E-state index < -0.39 is 11.9 Å². The highest BCUT2D eigenvalue weighted by atomic mass is 35.5. The van der Waals surface area contributed by atoms with Gasteiger partial charge in [-0.1, -0.05) is 11.6 Å². The lowest BCUT2D eigenvalue weighted by atomic mass is 10.1. The number of carbonyl (C=O) groups excluding carboxylic acids is 1. The summed E-state index contributed by atoms with van der Waals surface area (Å²) in [7, 11) is 1.49. The molecule has 0 saturated heterocycles. The van der Waals surface area contributed by atoms with Crippen molar-refractivity contribution in [1.29, 1.82) is 0 Å². The first-order valence-electron chi connectivity index (χ1n) is 9.40. The Labute approximate surface area is 179 Å². The number of nitrogens with zero attached hydrogens (tertiary/aromatic N) is 2. The first kappa shape index (κ1) is 21.4. The van der Waals surface area contributed by atoms with E-state index in [4.69, 9.17) is 21.1 Å². The number of anilines is 1. The van der Waals surface area contributed by atoms with Gasteiger partial charge in [0.05, 0.1) is 25.1 Å². The number of benzene rings is 2. The molecule has 0 spiro atoms. The van der Waals surface area contributed by atoms with Crippen LogP contribution in [0.3, 0.4) is 0 Å². The molecule has 3 aromatic rings. The summed E-state index contributed by atoms with van der Waals surface area (Å²) in [5.41, 5.74) is 1.40. The molecule has 1 amide bonds. The van der Waals surface area contributed by atoms with Gasteiger partial charge in [-0.3, -0.25) is 9.59 Å². The summed E-state index contributed by atoms with van der Waals surface area (Å²) in [5, 5.41) is 7.58. The topological polar surface area (TPSA) is 82.5 Å². The lowest BCUT2D eigenvalue weighted by molar-refractivity contribution is -0.119. The maximum absolute atomic E-state index is 12.8. The maximum Gasteiger partial charge on any atom is 0.267 e. The van der Waals surface area contributed by atoms with Gasteiger partial charge in [0, 0.05) is 16.7 Å². The summed E-state index contributed by atoms with van der Waals surface area (Å²) in [6.07, 6.45) is 0. The smallest absolute Gasteiger partial charge is 0.267 e. The minimum absolute atomic E-state index is 0.384. The van der Waals surface area contributed by atoms with Crippen LogP contribution in [-0.4, -0.2) is 29.4 Å². The second-order valence-electron chi connectivity index (χ2n) is 6.47. The number of hydrogen-bond acceptors (Lipinski definition) is 5.